The molecule has 98 valence electrons. The van der Waals surface area contributed by atoms with Gasteiger partial charge in [0.25, 0.3) is 0 Å². The van der Waals surface area contributed by atoms with Crippen LogP contribution in [0.5, 0.6) is 0 Å². The highest BCUT2D eigenvalue weighted by atomic mass is 79.9. The third-order valence-electron chi connectivity index (χ3n) is 1.99. The highest BCUT2D eigenvalue weighted by molar-refractivity contribution is 9.10. The summed E-state index contributed by atoms with van der Waals surface area (Å²) < 4.78 is 26.6. The third-order valence-corrected chi connectivity index (χ3v) is 3.94. The monoisotopic (exact) mass is 332 g/mol. The molecular weight excluding hydrogens is 320 g/mol. The molecule has 0 aliphatic rings. The molecule has 0 unspecified atom stereocenters. The molecular formula is C11H13BrN2O3S. The Balaban J connectivity index is 2.62. The Bertz CT molecular complexity index is 526. The van der Waals surface area contributed by atoms with Gasteiger partial charge in [0.15, 0.2) is 0 Å². The zero-order valence-corrected chi connectivity index (χ0v) is 11.9. The second-order valence-electron chi connectivity index (χ2n) is 3.37. The number of sulfonamides is 1. The van der Waals surface area contributed by atoms with Gasteiger partial charge in [0.1, 0.15) is 0 Å². The summed E-state index contributed by atoms with van der Waals surface area (Å²) in [7, 11) is -3.65. The van der Waals surface area contributed by atoms with Crippen molar-refractivity contribution in [1.82, 2.24) is 10.0 Å². The van der Waals surface area contributed by atoms with Crippen LogP contribution in [0.15, 0.2) is 46.3 Å². The average molecular weight is 333 g/mol. The lowest BCUT2D eigenvalue weighted by molar-refractivity contribution is -0.119. The molecule has 0 atom stereocenters. The molecule has 1 aromatic carbocycles. The molecule has 0 bridgehead atoms. The van der Waals surface area contributed by atoms with Crippen molar-refractivity contribution in [1.29, 1.82) is 0 Å². The fraction of sp³-hybridized carbons (Fsp3) is 0.182. The van der Waals surface area contributed by atoms with Gasteiger partial charge in [0, 0.05) is 11.0 Å². The van der Waals surface area contributed by atoms with Crippen molar-refractivity contribution in [3.8, 4) is 0 Å². The molecule has 0 saturated carbocycles. The summed E-state index contributed by atoms with van der Waals surface area (Å²) in [6.07, 6.45) is 1.52. The van der Waals surface area contributed by atoms with Crippen LogP contribution >= 0.6 is 15.9 Å². The van der Waals surface area contributed by atoms with E-state index >= 15 is 0 Å². The highest BCUT2D eigenvalue weighted by Crippen LogP contribution is 2.14. The number of hydrogen-bond acceptors (Lipinski definition) is 3. The Morgan fingerprint density at radius 1 is 1.33 bits per heavy atom. The van der Waals surface area contributed by atoms with Gasteiger partial charge < -0.3 is 5.32 Å². The minimum absolute atomic E-state index is 0.113. The summed E-state index contributed by atoms with van der Waals surface area (Å²) in [4.78, 5) is 11.4. The Labute approximate surface area is 114 Å². The molecule has 1 aromatic rings. The summed E-state index contributed by atoms with van der Waals surface area (Å²) in [5.41, 5.74) is 0. The van der Waals surface area contributed by atoms with Crippen molar-refractivity contribution < 1.29 is 13.2 Å². The van der Waals surface area contributed by atoms with Crippen LogP contribution in [0, 0.1) is 0 Å². The van der Waals surface area contributed by atoms with E-state index in [1.54, 1.807) is 12.1 Å². The first kappa shape index (κ1) is 14.9. The third kappa shape index (κ3) is 4.59. The summed E-state index contributed by atoms with van der Waals surface area (Å²) in [6.45, 7) is 3.44. The molecule has 0 aliphatic heterocycles. The Morgan fingerprint density at radius 3 is 2.50 bits per heavy atom. The Morgan fingerprint density at radius 2 is 1.94 bits per heavy atom. The van der Waals surface area contributed by atoms with Crippen LogP contribution in [-0.4, -0.2) is 27.4 Å². The highest BCUT2D eigenvalue weighted by Gasteiger charge is 2.14. The summed E-state index contributed by atoms with van der Waals surface area (Å²) in [5, 5.41) is 2.47. The molecule has 18 heavy (non-hydrogen) atoms. The number of amides is 1. The van der Waals surface area contributed by atoms with Gasteiger partial charge >= 0.3 is 0 Å². The van der Waals surface area contributed by atoms with E-state index in [1.165, 1.54) is 18.2 Å². The first-order chi connectivity index (χ1) is 8.45. The molecule has 1 amide bonds. The van der Waals surface area contributed by atoms with Crippen molar-refractivity contribution in [3.05, 3.63) is 41.4 Å². The molecule has 0 saturated heterocycles. The number of rotatable bonds is 6. The number of carbonyl (C=O) groups excluding carboxylic acids is 1. The molecule has 7 heteroatoms. The van der Waals surface area contributed by atoms with E-state index in [9.17, 15) is 13.2 Å². The number of benzene rings is 1. The molecule has 5 nitrogen and oxygen atoms in total. The zero-order chi connectivity index (χ0) is 13.6. The molecule has 0 aromatic heterocycles. The molecule has 1 rings (SSSR count). The second kappa shape index (κ2) is 6.67. The number of halogens is 1. The lowest BCUT2D eigenvalue weighted by Crippen LogP contribution is -2.36. The van der Waals surface area contributed by atoms with Crippen LogP contribution in [0.1, 0.15) is 0 Å². The van der Waals surface area contributed by atoms with E-state index < -0.39 is 15.9 Å². The van der Waals surface area contributed by atoms with Gasteiger partial charge in [-0.05, 0) is 24.3 Å². The van der Waals surface area contributed by atoms with Gasteiger partial charge in [-0.15, -0.1) is 6.58 Å². The maximum atomic E-state index is 11.8. The van der Waals surface area contributed by atoms with Gasteiger partial charge in [-0.25, -0.2) is 13.1 Å². The van der Waals surface area contributed by atoms with Crippen LogP contribution in [0.3, 0.4) is 0 Å². The fourth-order valence-electron chi connectivity index (χ4n) is 1.11. The van der Waals surface area contributed by atoms with E-state index in [-0.39, 0.29) is 11.4 Å². The normalized spacial score (nSPS) is 10.9. The van der Waals surface area contributed by atoms with Gasteiger partial charge in [-0.3, -0.25) is 4.79 Å². The minimum Gasteiger partial charge on any atom is -0.352 e. The van der Waals surface area contributed by atoms with Crippen LogP contribution < -0.4 is 10.0 Å². The van der Waals surface area contributed by atoms with Crippen molar-refractivity contribution in [3.63, 3.8) is 0 Å². The molecule has 0 radical (unpaired) electrons. The molecule has 0 aliphatic carbocycles. The summed E-state index contributed by atoms with van der Waals surface area (Å²) in [6, 6.07) is 6.14. The molecule has 0 fully saturated rings. The van der Waals surface area contributed by atoms with E-state index in [0.717, 1.165) is 4.47 Å². The van der Waals surface area contributed by atoms with E-state index in [0.29, 0.717) is 6.54 Å². The van der Waals surface area contributed by atoms with Crippen LogP contribution in [0.4, 0.5) is 0 Å². The standard InChI is InChI=1S/C11H13BrN2O3S/c1-2-7-13-11(15)8-14-18(16,17)10-5-3-9(12)4-6-10/h2-6,14H,1,7-8H2,(H,13,15). The van der Waals surface area contributed by atoms with E-state index in [2.05, 4.69) is 32.5 Å². The van der Waals surface area contributed by atoms with Gasteiger partial charge in [0.2, 0.25) is 15.9 Å². The average Bonchev–Trinajstić information content (AvgIpc) is 2.34. The van der Waals surface area contributed by atoms with E-state index in [4.69, 9.17) is 0 Å². The van der Waals surface area contributed by atoms with Crippen LogP contribution in [0.2, 0.25) is 0 Å². The predicted molar refractivity (Wildman–Crippen MR) is 72.5 cm³/mol. The van der Waals surface area contributed by atoms with Crippen molar-refractivity contribution >= 4 is 31.9 Å². The van der Waals surface area contributed by atoms with Crippen LogP contribution in [0.25, 0.3) is 0 Å². The number of nitrogens with one attached hydrogen (secondary N) is 2. The topological polar surface area (TPSA) is 75.3 Å². The van der Waals surface area contributed by atoms with Gasteiger partial charge in [0.05, 0.1) is 11.4 Å². The number of hydrogen-bond donors (Lipinski definition) is 2. The molecule has 0 spiro atoms. The van der Waals surface area contributed by atoms with Crippen LogP contribution in [-0.2, 0) is 14.8 Å². The summed E-state index contributed by atoms with van der Waals surface area (Å²) in [5.74, 6) is -0.407. The van der Waals surface area contributed by atoms with Gasteiger partial charge in [-0.1, -0.05) is 22.0 Å². The van der Waals surface area contributed by atoms with E-state index in [1.807, 2.05) is 0 Å². The van der Waals surface area contributed by atoms with Crippen molar-refractivity contribution in [2.24, 2.45) is 0 Å². The first-order valence-corrected chi connectivity index (χ1v) is 7.36. The minimum atomic E-state index is -3.65. The largest absolute Gasteiger partial charge is 0.352 e. The second-order valence-corrected chi connectivity index (χ2v) is 6.05. The fourth-order valence-corrected chi connectivity index (χ4v) is 2.35. The summed E-state index contributed by atoms with van der Waals surface area (Å²) >= 11 is 3.21. The maximum absolute atomic E-state index is 11.8. The number of carbonyl (C=O) groups is 1. The van der Waals surface area contributed by atoms with Crippen molar-refractivity contribution in [2.75, 3.05) is 13.1 Å². The Kier molecular flexibility index (Phi) is 5.52. The predicted octanol–water partition coefficient (Wildman–Crippen LogP) is 1.03. The van der Waals surface area contributed by atoms with Gasteiger partial charge in [-0.2, -0.15) is 0 Å². The maximum Gasteiger partial charge on any atom is 0.241 e. The first-order valence-electron chi connectivity index (χ1n) is 5.08. The lowest BCUT2D eigenvalue weighted by atomic mass is 10.4. The SMILES string of the molecule is C=CCNC(=O)CNS(=O)(=O)c1ccc(Br)cc1. The smallest absolute Gasteiger partial charge is 0.241 e. The molecule has 2 N–H and O–H groups in total. The molecule has 0 heterocycles. The van der Waals surface area contributed by atoms with Crippen molar-refractivity contribution in [2.45, 2.75) is 4.90 Å². The Hall–Kier alpha value is -1.18. The quantitative estimate of drug-likeness (QED) is 0.764. The zero-order valence-electron chi connectivity index (χ0n) is 9.52. The lowest BCUT2D eigenvalue weighted by Gasteiger charge is -2.06.